The van der Waals surface area contributed by atoms with Gasteiger partial charge in [0.05, 0.1) is 12.7 Å². The molecule has 0 aliphatic carbocycles. The van der Waals surface area contributed by atoms with Crippen molar-refractivity contribution in [2.45, 2.75) is 19.1 Å². The Labute approximate surface area is 184 Å². The molecule has 3 rings (SSSR count). The van der Waals surface area contributed by atoms with Crippen molar-refractivity contribution in [2.24, 2.45) is 0 Å². The molecule has 0 saturated carbocycles. The molecule has 0 unspecified atom stereocenters. The van der Waals surface area contributed by atoms with Crippen LogP contribution >= 0.6 is 0 Å². The molecule has 1 heterocycles. The lowest BCUT2D eigenvalue weighted by Gasteiger charge is -2.29. The lowest BCUT2D eigenvalue weighted by molar-refractivity contribution is -0.137. The third kappa shape index (κ3) is 6.00. The van der Waals surface area contributed by atoms with Crippen LogP contribution in [0.25, 0.3) is 0 Å². The van der Waals surface area contributed by atoms with E-state index >= 15 is 0 Å². The largest absolute Gasteiger partial charge is 0.496 e. The molecule has 0 radical (unpaired) electrons. The van der Waals surface area contributed by atoms with Gasteiger partial charge < -0.3 is 19.9 Å². The highest BCUT2D eigenvalue weighted by Gasteiger charge is 2.30. The summed E-state index contributed by atoms with van der Waals surface area (Å²) in [6.07, 6.45) is -4.35. The molecule has 172 valence electrons. The van der Waals surface area contributed by atoms with Gasteiger partial charge in [-0.15, -0.1) is 0 Å². The summed E-state index contributed by atoms with van der Waals surface area (Å²) in [7, 11) is 1.52. The van der Waals surface area contributed by atoms with Gasteiger partial charge in [0.1, 0.15) is 5.75 Å². The SMILES string of the molecule is COc1ccccc1CN(CCC(=O)N1CCNCC1)C(=O)c1ccc(C(F)(F)F)cc1. The maximum absolute atomic E-state index is 13.2. The summed E-state index contributed by atoms with van der Waals surface area (Å²) in [6, 6.07) is 11.3. The zero-order chi connectivity index (χ0) is 23.1. The second-order valence-electron chi connectivity index (χ2n) is 7.49. The normalized spacial score (nSPS) is 14.2. The van der Waals surface area contributed by atoms with Crippen LogP contribution in [0.1, 0.15) is 27.9 Å². The zero-order valence-corrected chi connectivity index (χ0v) is 17.8. The van der Waals surface area contributed by atoms with Crippen LogP contribution in [-0.4, -0.2) is 61.4 Å². The Morgan fingerprint density at radius 1 is 1.06 bits per heavy atom. The number of rotatable bonds is 7. The maximum Gasteiger partial charge on any atom is 0.416 e. The van der Waals surface area contributed by atoms with E-state index in [4.69, 9.17) is 4.74 Å². The Balaban J connectivity index is 1.78. The number of alkyl halides is 3. The lowest BCUT2D eigenvalue weighted by atomic mass is 10.1. The van der Waals surface area contributed by atoms with Crippen LogP contribution in [0.5, 0.6) is 5.75 Å². The fraction of sp³-hybridized carbons (Fsp3) is 0.391. The number of amides is 2. The van der Waals surface area contributed by atoms with Crippen molar-refractivity contribution in [2.75, 3.05) is 39.8 Å². The van der Waals surface area contributed by atoms with Gasteiger partial charge in [0, 0.05) is 56.8 Å². The van der Waals surface area contributed by atoms with E-state index in [1.54, 1.807) is 17.0 Å². The fourth-order valence-corrected chi connectivity index (χ4v) is 3.58. The van der Waals surface area contributed by atoms with Crippen molar-refractivity contribution < 1.29 is 27.5 Å². The minimum absolute atomic E-state index is 0.0586. The first kappa shape index (κ1) is 23.6. The minimum Gasteiger partial charge on any atom is -0.496 e. The minimum atomic E-state index is -4.48. The smallest absolute Gasteiger partial charge is 0.416 e. The lowest BCUT2D eigenvalue weighted by Crippen LogP contribution is -2.47. The molecule has 2 aromatic rings. The number of methoxy groups -OCH3 is 1. The predicted octanol–water partition coefficient (Wildman–Crippen LogP) is 3.18. The maximum atomic E-state index is 13.2. The third-order valence-corrected chi connectivity index (χ3v) is 5.37. The summed E-state index contributed by atoms with van der Waals surface area (Å²) < 4.78 is 44.0. The van der Waals surface area contributed by atoms with Crippen molar-refractivity contribution in [3.8, 4) is 5.75 Å². The van der Waals surface area contributed by atoms with Crippen LogP contribution in [-0.2, 0) is 17.5 Å². The Kier molecular flexibility index (Phi) is 7.74. The van der Waals surface area contributed by atoms with Crippen LogP contribution < -0.4 is 10.1 Å². The van der Waals surface area contributed by atoms with E-state index in [0.29, 0.717) is 18.8 Å². The monoisotopic (exact) mass is 449 g/mol. The number of nitrogens with zero attached hydrogens (tertiary/aromatic N) is 2. The molecule has 1 fully saturated rings. The number of para-hydroxylation sites is 1. The third-order valence-electron chi connectivity index (χ3n) is 5.37. The zero-order valence-electron chi connectivity index (χ0n) is 17.8. The Hall–Kier alpha value is -3.07. The standard InChI is InChI=1S/C23H26F3N3O3/c1-32-20-5-3-2-4-18(20)16-29(13-10-21(30)28-14-11-27-12-15-28)22(31)17-6-8-19(9-7-17)23(24,25)26/h2-9,27H,10-16H2,1H3. The van der Waals surface area contributed by atoms with E-state index in [0.717, 1.165) is 30.8 Å². The van der Waals surface area contributed by atoms with E-state index in [1.807, 2.05) is 12.1 Å². The van der Waals surface area contributed by atoms with Crippen molar-refractivity contribution in [1.82, 2.24) is 15.1 Å². The summed E-state index contributed by atoms with van der Waals surface area (Å²) in [4.78, 5) is 29.0. The Morgan fingerprint density at radius 2 is 1.72 bits per heavy atom. The van der Waals surface area contributed by atoms with Gasteiger partial charge in [-0.1, -0.05) is 18.2 Å². The molecular formula is C23H26F3N3O3. The molecule has 1 saturated heterocycles. The Morgan fingerprint density at radius 3 is 2.34 bits per heavy atom. The number of carbonyl (C=O) groups excluding carboxylic acids is 2. The summed E-state index contributed by atoms with van der Waals surface area (Å²) in [6.45, 7) is 2.97. The highest BCUT2D eigenvalue weighted by atomic mass is 19.4. The molecule has 0 atom stereocenters. The van der Waals surface area contributed by atoms with Crippen molar-refractivity contribution in [1.29, 1.82) is 0 Å². The number of hydrogen-bond donors (Lipinski definition) is 1. The average Bonchev–Trinajstić information content (AvgIpc) is 2.81. The molecule has 0 spiro atoms. The molecule has 1 aliphatic rings. The molecule has 2 aromatic carbocycles. The van der Waals surface area contributed by atoms with Crippen LogP contribution in [0.3, 0.4) is 0 Å². The van der Waals surface area contributed by atoms with Crippen LogP contribution in [0.15, 0.2) is 48.5 Å². The van der Waals surface area contributed by atoms with E-state index in [-0.39, 0.29) is 31.0 Å². The molecule has 0 aromatic heterocycles. The van der Waals surface area contributed by atoms with Crippen LogP contribution in [0.2, 0.25) is 0 Å². The summed E-state index contributed by atoms with van der Waals surface area (Å²) in [5, 5.41) is 3.18. The fourth-order valence-electron chi connectivity index (χ4n) is 3.58. The molecule has 0 bridgehead atoms. The van der Waals surface area contributed by atoms with E-state index in [1.165, 1.54) is 24.1 Å². The van der Waals surface area contributed by atoms with Gasteiger partial charge in [0.15, 0.2) is 0 Å². The van der Waals surface area contributed by atoms with Gasteiger partial charge in [0.25, 0.3) is 5.91 Å². The van der Waals surface area contributed by atoms with Gasteiger partial charge in [-0.2, -0.15) is 13.2 Å². The predicted molar refractivity (Wildman–Crippen MR) is 113 cm³/mol. The summed E-state index contributed by atoms with van der Waals surface area (Å²) in [5.41, 5.74) is 0.0478. The molecule has 32 heavy (non-hydrogen) atoms. The first-order valence-electron chi connectivity index (χ1n) is 10.4. The first-order chi connectivity index (χ1) is 15.3. The highest BCUT2D eigenvalue weighted by Crippen LogP contribution is 2.29. The van der Waals surface area contributed by atoms with E-state index in [9.17, 15) is 22.8 Å². The number of ether oxygens (including phenoxy) is 1. The average molecular weight is 449 g/mol. The second kappa shape index (κ2) is 10.5. The number of halogens is 3. The first-order valence-corrected chi connectivity index (χ1v) is 10.4. The van der Waals surface area contributed by atoms with Crippen LogP contribution in [0.4, 0.5) is 13.2 Å². The number of piperazine rings is 1. The molecular weight excluding hydrogens is 423 g/mol. The number of nitrogens with one attached hydrogen (secondary N) is 1. The summed E-state index contributed by atoms with van der Waals surface area (Å²) >= 11 is 0. The van der Waals surface area contributed by atoms with Crippen molar-refractivity contribution in [3.63, 3.8) is 0 Å². The molecule has 1 aliphatic heterocycles. The molecule has 1 N–H and O–H groups in total. The van der Waals surface area contributed by atoms with Crippen molar-refractivity contribution in [3.05, 3.63) is 65.2 Å². The summed E-state index contributed by atoms with van der Waals surface area (Å²) in [5.74, 6) is 0.0839. The second-order valence-corrected chi connectivity index (χ2v) is 7.49. The topological polar surface area (TPSA) is 61.9 Å². The number of hydrogen-bond acceptors (Lipinski definition) is 4. The van der Waals surface area contributed by atoms with Crippen LogP contribution in [0, 0.1) is 0 Å². The van der Waals surface area contributed by atoms with Gasteiger partial charge >= 0.3 is 6.18 Å². The quantitative estimate of drug-likeness (QED) is 0.706. The van der Waals surface area contributed by atoms with Crippen molar-refractivity contribution >= 4 is 11.8 Å². The van der Waals surface area contributed by atoms with Gasteiger partial charge in [0.2, 0.25) is 5.91 Å². The van der Waals surface area contributed by atoms with Gasteiger partial charge in [-0.25, -0.2) is 0 Å². The number of carbonyl (C=O) groups is 2. The highest BCUT2D eigenvalue weighted by molar-refractivity contribution is 5.94. The molecule has 6 nitrogen and oxygen atoms in total. The van der Waals surface area contributed by atoms with E-state index < -0.39 is 17.6 Å². The molecule has 2 amide bonds. The van der Waals surface area contributed by atoms with Gasteiger partial charge in [-0.05, 0) is 30.3 Å². The molecule has 9 heteroatoms. The number of benzene rings is 2. The van der Waals surface area contributed by atoms with Gasteiger partial charge in [-0.3, -0.25) is 9.59 Å². The van der Waals surface area contributed by atoms with E-state index in [2.05, 4.69) is 5.32 Å². The Bertz CT molecular complexity index is 926.